The molecule has 7 N–H and O–H groups in total. The molecule has 0 saturated carbocycles. The molecular weight excluding hydrogens is 881 g/mol. The van der Waals surface area contributed by atoms with E-state index in [4.69, 9.17) is 60.7 Å². The van der Waals surface area contributed by atoms with Gasteiger partial charge in [-0.1, -0.05) is 85.0 Å². The molecule has 0 rings (SSSR count). The second-order valence-corrected chi connectivity index (χ2v) is 25.5. The van der Waals surface area contributed by atoms with Crippen LogP contribution in [0.1, 0.15) is 160 Å². The molecule has 0 aromatic heterocycles. The number of nitrogens with zero attached hydrogens (tertiary/aromatic N) is 6. The third kappa shape index (κ3) is 73.1. The van der Waals surface area contributed by atoms with Crippen LogP contribution in [0.5, 0.6) is 0 Å². The summed E-state index contributed by atoms with van der Waals surface area (Å²) in [6, 6.07) is 0. The van der Waals surface area contributed by atoms with Crippen molar-refractivity contribution >= 4 is 69.2 Å². The number of hydrogen-bond acceptors (Lipinski definition) is 13. The number of unbranched alkanes of at least 4 members (excludes halogenated alkanes) is 7. The van der Waals surface area contributed by atoms with Crippen LogP contribution in [-0.4, -0.2) is 136 Å². The maximum atomic E-state index is 10.8. The third-order valence-electron chi connectivity index (χ3n) is 10.5. The van der Waals surface area contributed by atoms with Crippen molar-refractivity contribution in [3.63, 3.8) is 0 Å². The Morgan fingerprint density at radius 2 is 0.632 bits per heavy atom. The molecule has 3 unspecified atom stereocenters. The third-order valence-corrected chi connectivity index (χ3v) is 23.2. The summed E-state index contributed by atoms with van der Waals surface area (Å²) < 4.78 is 0. The molecule has 0 aliphatic carbocycles. The van der Waals surface area contributed by atoms with Gasteiger partial charge in [0, 0.05) is 0 Å². The molecule has 0 amide bonds. The summed E-state index contributed by atoms with van der Waals surface area (Å²) in [7, 11) is 1.41. The second kappa shape index (κ2) is 72.7. The summed E-state index contributed by atoms with van der Waals surface area (Å²) in [6.07, 6.45) is 28.0. The molecule has 23 heteroatoms. The van der Waals surface area contributed by atoms with Gasteiger partial charge in [0.2, 0.25) is 0 Å². The molecule has 0 bridgehead atoms. The van der Waals surface area contributed by atoms with Crippen molar-refractivity contribution in [3.05, 3.63) is 29.4 Å². The van der Waals surface area contributed by atoms with Gasteiger partial charge in [0.25, 0.3) is 0 Å². The van der Waals surface area contributed by atoms with Crippen LogP contribution in [0.3, 0.4) is 0 Å². The van der Waals surface area contributed by atoms with Gasteiger partial charge in [0.1, 0.15) is 0 Å². The second-order valence-electron chi connectivity index (χ2n) is 12.8. The van der Waals surface area contributed by atoms with Gasteiger partial charge in [0.15, 0.2) is 32.0 Å². The summed E-state index contributed by atoms with van der Waals surface area (Å²) >= 11 is 0. The van der Waals surface area contributed by atoms with E-state index in [0.29, 0.717) is 5.92 Å². The summed E-state index contributed by atoms with van der Waals surface area (Å²) in [5.74, 6) is 0.478. The monoisotopic (exact) mass is 970 g/mol. The first kappa shape index (κ1) is 80.2. The normalized spacial score (nSPS) is 11.2. The molecule has 0 aliphatic heterocycles. The Kier molecular flexibility index (Phi) is 102. The zero-order valence-electron chi connectivity index (χ0n) is 36.8. The van der Waals surface area contributed by atoms with Gasteiger partial charge < -0.3 is 36.4 Å². The minimum absolute atomic E-state index is 0. The molecular formula is C34H89N6O13P3Sr. The predicted molar refractivity (Wildman–Crippen MR) is 250 cm³/mol. The first-order valence-electron chi connectivity index (χ1n) is 19.9. The zero-order chi connectivity index (χ0) is 46.2. The van der Waals surface area contributed by atoms with Crippen molar-refractivity contribution in [1.29, 1.82) is 0 Å². The van der Waals surface area contributed by atoms with E-state index in [1.54, 1.807) is 0 Å². The Labute approximate surface area is 384 Å². The molecule has 0 aromatic rings. The first-order valence-corrected chi connectivity index (χ1v) is 26.1. The van der Waals surface area contributed by atoms with E-state index < -0.39 is 19.9 Å². The van der Waals surface area contributed by atoms with Crippen molar-refractivity contribution < 1.29 is 36.4 Å². The van der Waals surface area contributed by atoms with Crippen LogP contribution in [0.25, 0.3) is 0 Å². The Morgan fingerprint density at radius 1 is 0.421 bits per heavy atom. The van der Waals surface area contributed by atoms with E-state index in [0.717, 1.165) is 6.42 Å². The quantitative estimate of drug-likeness (QED) is 0.0175. The van der Waals surface area contributed by atoms with Crippen LogP contribution in [-0.2, 0) is 0 Å². The van der Waals surface area contributed by atoms with Crippen LogP contribution in [0.4, 0.5) is 0 Å². The van der Waals surface area contributed by atoms with E-state index in [9.17, 15) is 5.11 Å². The molecule has 0 saturated heterocycles. The summed E-state index contributed by atoms with van der Waals surface area (Å²) in [6.45, 7) is 25.7. The first-order chi connectivity index (χ1) is 26.6. The topological polar surface area (TPSA) is 318 Å². The Bertz CT molecular complexity index is 670. The van der Waals surface area contributed by atoms with E-state index in [-0.39, 0.29) is 45.5 Å². The SMILES string of the molecule is CCCCCCC(CCCC)C(O)(P)CCCCCC.CC[PH](CC)(CC)CC.CC[PH](CC)(CC)CC.O=NO.O=NO.O=NO.O=NO.O=NO.O=NO.[SrH2]. The molecule has 0 aromatic carbocycles. The molecule has 19 nitrogen and oxygen atoms in total. The molecule has 3 atom stereocenters. The summed E-state index contributed by atoms with van der Waals surface area (Å²) in [4.78, 5) is 48.7. The van der Waals surface area contributed by atoms with E-state index >= 15 is 0 Å². The fourth-order valence-electron chi connectivity index (χ4n) is 5.95. The van der Waals surface area contributed by atoms with Gasteiger partial charge in [-0.3, -0.25) is 0 Å². The van der Waals surface area contributed by atoms with Crippen molar-refractivity contribution in [2.75, 3.05) is 49.3 Å². The molecule has 0 radical (unpaired) electrons. The van der Waals surface area contributed by atoms with Crippen LogP contribution >= 0.6 is 23.8 Å². The van der Waals surface area contributed by atoms with Gasteiger partial charge >= 0.3 is 165 Å². The minimum atomic E-state index is -0.691. The summed E-state index contributed by atoms with van der Waals surface area (Å²) in [5, 5.41) is 57.6. The van der Waals surface area contributed by atoms with E-state index in [1.165, 1.54) is 158 Å². The molecule has 0 fully saturated rings. The molecule has 0 spiro atoms. The van der Waals surface area contributed by atoms with Gasteiger partial charge in [-0.05, 0) is 25.2 Å². The number of aliphatic hydroxyl groups is 1. The number of rotatable bonds is 22. The standard InChI is InChI=1S/C18H39OP.2C8H21P.6HNO2.Sr.2H/c1-4-7-10-12-15-17(14-9-6-3)18(19,20)16-13-11-8-5-2;2*1-5-9(6-2,7-3)8-4;6*2-1-3;;;/h17,19H,4-16,20H2,1-3H3;2*9H,5-8H2,1-4H3;6*(H,2,3);;;. The number of hydrogen-bond donors (Lipinski definition) is 7. The maximum absolute atomic E-state index is 10.8. The van der Waals surface area contributed by atoms with Gasteiger partial charge in [-0.25, -0.2) is 0 Å². The van der Waals surface area contributed by atoms with Crippen molar-refractivity contribution in [3.8, 4) is 0 Å². The van der Waals surface area contributed by atoms with Crippen molar-refractivity contribution in [2.45, 2.75) is 165 Å². The molecule has 0 heterocycles. The van der Waals surface area contributed by atoms with Crippen LogP contribution in [0.2, 0.25) is 0 Å². The molecule has 57 heavy (non-hydrogen) atoms. The van der Waals surface area contributed by atoms with Crippen LogP contribution in [0, 0.1) is 35.4 Å². The Morgan fingerprint density at radius 3 is 0.825 bits per heavy atom. The fraction of sp³-hybridized carbons (Fsp3) is 1.00. The van der Waals surface area contributed by atoms with Crippen molar-refractivity contribution in [2.24, 2.45) is 38.0 Å². The van der Waals surface area contributed by atoms with Crippen LogP contribution < -0.4 is 0 Å². The zero-order valence-corrected chi connectivity index (χ0v) is 39.9. The van der Waals surface area contributed by atoms with E-state index in [2.05, 4.69) is 85.4 Å². The molecule has 0 aliphatic rings. The Balaban J connectivity index is -0.0000000628. The fourth-order valence-corrected chi connectivity index (χ4v) is 12.5. The van der Waals surface area contributed by atoms with Crippen molar-refractivity contribution in [1.82, 2.24) is 0 Å². The summed E-state index contributed by atoms with van der Waals surface area (Å²) in [5.41, 5.74) is 0. The van der Waals surface area contributed by atoms with Gasteiger partial charge in [-0.15, -0.1) is 38.7 Å². The average molecular weight is 971 g/mol. The van der Waals surface area contributed by atoms with E-state index in [1.807, 2.05) is 0 Å². The van der Waals surface area contributed by atoms with Gasteiger partial charge in [0.05, 0.1) is 5.34 Å². The van der Waals surface area contributed by atoms with Gasteiger partial charge in [-0.2, -0.15) is 0 Å². The average Bonchev–Trinajstić information content (AvgIpc) is 3.18. The van der Waals surface area contributed by atoms with Crippen LogP contribution in [0.15, 0.2) is 32.0 Å². The molecule has 350 valence electrons. The Hall–Kier alpha value is -0.869. The predicted octanol–water partition coefficient (Wildman–Crippen LogP) is 11.9.